The summed E-state index contributed by atoms with van der Waals surface area (Å²) in [6.45, 7) is 2.11. The van der Waals surface area contributed by atoms with Crippen LogP contribution in [0.5, 0.6) is 0 Å². The average molecular weight is 186 g/mol. The summed E-state index contributed by atoms with van der Waals surface area (Å²) in [5.41, 5.74) is 0. The van der Waals surface area contributed by atoms with Crippen molar-refractivity contribution in [3.05, 3.63) is 0 Å². The number of nitrogens with one attached hydrogen (secondary N) is 2. The van der Waals surface area contributed by atoms with E-state index in [0.29, 0.717) is 13.0 Å². The Morgan fingerprint density at radius 3 is 3.00 bits per heavy atom. The molecule has 0 aromatic heterocycles. The highest BCUT2D eigenvalue weighted by Crippen LogP contribution is 2.05. The van der Waals surface area contributed by atoms with Gasteiger partial charge in [-0.1, -0.05) is 0 Å². The molecule has 13 heavy (non-hydrogen) atoms. The zero-order valence-electron chi connectivity index (χ0n) is 7.54. The van der Waals surface area contributed by atoms with Gasteiger partial charge in [-0.25, -0.2) is 0 Å². The van der Waals surface area contributed by atoms with Crippen molar-refractivity contribution >= 4 is 11.9 Å². The molecule has 0 aromatic rings. The van der Waals surface area contributed by atoms with Gasteiger partial charge in [-0.05, 0) is 13.3 Å². The highest BCUT2D eigenvalue weighted by Gasteiger charge is 2.21. The van der Waals surface area contributed by atoms with Gasteiger partial charge >= 0.3 is 5.97 Å². The van der Waals surface area contributed by atoms with Gasteiger partial charge in [-0.2, -0.15) is 0 Å². The van der Waals surface area contributed by atoms with Crippen molar-refractivity contribution in [3.8, 4) is 0 Å². The molecule has 1 saturated heterocycles. The first kappa shape index (κ1) is 9.98. The summed E-state index contributed by atoms with van der Waals surface area (Å²) in [6, 6.07) is -0.466. The normalized spacial score (nSPS) is 24.1. The van der Waals surface area contributed by atoms with Gasteiger partial charge in [0.1, 0.15) is 6.04 Å². The zero-order valence-corrected chi connectivity index (χ0v) is 7.54. The van der Waals surface area contributed by atoms with Crippen LogP contribution in [0.1, 0.15) is 19.8 Å². The van der Waals surface area contributed by atoms with Crippen molar-refractivity contribution in [1.82, 2.24) is 10.6 Å². The minimum Gasteiger partial charge on any atom is -0.480 e. The molecule has 1 heterocycles. The van der Waals surface area contributed by atoms with E-state index in [9.17, 15) is 9.59 Å². The Morgan fingerprint density at radius 1 is 1.85 bits per heavy atom. The largest absolute Gasteiger partial charge is 0.480 e. The molecule has 1 rings (SSSR count). The van der Waals surface area contributed by atoms with Crippen molar-refractivity contribution in [3.63, 3.8) is 0 Å². The summed E-state index contributed by atoms with van der Waals surface area (Å²) >= 11 is 0. The predicted molar refractivity (Wildman–Crippen MR) is 46.3 cm³/mol. The third-order valence-electron chi connectivity index (χ3n) is 2.13. The number of carboxylic acid groups (broad SMARTS) is 1. The molecule has 2 atom stereocenters. The number of hydrogen-bond donors (Lipinski definition) is 3. The summed E-state index contributed by atoms with van der Waals surface area (Å²) in [6.07, 6.45) is 1.34. The summed E-state index contributed by atoms with van der Waals surface area (Å²) in [5, 5.41) is 14.1. The molecule has 74 valence electrons. The molecule has 1 amide bonds. The van der Waals surface area contributed by atoms with Crippen LogP contribution in [-0.4, -0.2) is 35.6 Å². The van der Waals surface area contributed by atoms with Crippen LogP contribution in [0.2, 0.25) is 0 Å². The Hall–Kier alpha value is -1.10. The van der Waals surface area contributed by atoms with E-state index in [1.165, 1.54) is 0 Å². The number of carboxylic acids is 1. The van der Waals surface area contributed by atoms with E-state index in [4.69, 9.17) is 5.11 Å². The maximum absolute atomic E-state index is 10.8. The monoisotopic (exact) mass is 186 g/mol. The number of aliphatic carboxylic acids is 1. The smallest absolute Gasteiger partial charge is 0.320 e. The van der Waals surface area contributed by atoms with Crippen LogP contribution in [0.3, 0.4) is 0 Å². The van der Waals surface area contributed by atoms with Crippen molar-refractivity contribution in [2.24, 2.45) is 0 Å². The molecule has 1 aliphatic rings. The maximum Gasteiger partial charge on any atom is 0.320 e. The van der Waals surface area contributed by atoms with E-state index in [-0.39, 0.29) is 11.9 Å². The lowest BCUT2D eigenvalue weighted by atomic mass is 10.2. The predicted octanol–water partition coefficient (Wildman–Crippen LogP) is -0.672. The van der Waals surface area contributed by atoms with Gasteiger partial charge in [0.15, 0.2) is 0 Å². The second-order valence-corrected chi connectivity index (χ2v) is 3.27. The quantitative estimate of drug-likeness (QED) is 0.544. The molecule has 5 nitrogen and oxygen atoms in total. The fourth-order valence-corrected chi connectivity index (χ4v) is 1.24. The van der Waals surface area contributed by atoms with Crippen LogP contribution in [0.4, 0.5) is 0 Å². The van der Waals surface area contributed by atoms with E-state index in [1.54, 1.807) is 6.92 Å². The van der Waals surface area contributed by atoms with Crippen LogP contribution < -0.4 is 10.6 Å². The molecule has 1 fully saturated rings. The molecular formula is C8H14N2O3. The van der Waals surface area contributed by atoms with Crippen LogP contribution in [0, 0.1) is 0 Å². The van der Waals surface area contributed by atoms with Gasteiger partial charge in [0.2, 0.25) is 5.91 Å². The Balaban J connectivity index is 2.19. The SMILES string of the molecule is C[C@@H](NCC1CCC(=O)N1)C(=O)O. The minimum absolute atomic E-state index is 0.0507. The molecule has 1 unspecified atom stereocenters. The highest BCUT2D eigenvalue weighted by atomic mass is 16.4. The molecule has 0 saturated carbocycles. The Labute approximate surface area is 76.5 Å². The van der Waals surface area contributed by atoms with Crippen molar-refractivity contribution in [2.45, 2.75) is 31.8 Å². The maximum atomic E-state index is 10.8. The van der Waals surface area contributed by atoms with E-state index in [0.717, 1.165) is 6.42 Å². The zero-order chi connectivity index (χ0) is 9.84. The van der Waals surface area contributed by atoms with E-state index >= 15 is 0 Å². The first-order valence-corrected chi connectivity index (χ1v) is 4.35. The highest BCUT2D eigenvalue weighted by molar-refractivity contribution is 5.78. The third kappa shape index (κ3) is 3.02. The minimum atomic E-state index is -0.871. The number of hydrogen-bond acceptors (Lipinski definition) is 3. The van der Waals surface area contributed by atoms with Crippen molar-refractivity contribution in [2.75, 3.05) is 6.54 Å². The number of carbonyl (C=O) groups excluding carboxylic acids is 1. The third-order valence-corrected chi connectivity index (χ3v) is 2.13. The number of carbonyl (C=O) groups is 2. The topological polar surface area (TPSA) is 78.4 Å². The number of rotatable bonds is 4. The Kier molecular flexibility index (Phi) is 3.25. The van der Waals surface area contributed by atoms with Gasteiger partial charge in [0, 0.05) is 19.0 Å². The molecule has 0 aliphatic carbocycles. The molecule has 1 aliphatic heterocycles. The van der Waals surface area contributed by atoms with Gasteiger partial charge in [0.05, 0.1) is 0 Å². The van der Waals surface area contributed by atoms with Crippen LogP contribution in [-0.2, 0) is 9.59 Å². The van der Waals surface area contributed by atoms with E-state index in [1.807, 2.05) is 0 Å². The first-order chi connectivity index (χ1) is 6.09. The molecule has 5 heteroatoms. The second-order valence-electron chi connectivity index (χ2n) is 3.27. The lowest BCUT2D eigenvalue weighted by Gasteiger charge is -2.13. The standard InChI is InChI=1S/C8H14N2O3/c1-5(8(12)13)9-4-6-2-3-7(11)10-6/h5-6,9H,2-4H2,1H3,(H,10,11)(H,12,13)/t5-,6?/m1/s1. The van der Waals surface area contributed by atoms with Crippen molar-refractivity contribution < 1.29 is 14.7 Å². The Morgan fingerprint density at radius 2 is 2.54 bits per heavy atom. The lowest BCUT2D eigenvalue weighted by molar-refractivity contribution is -0.139. The van der Waals surface area contributed by atoms with Crippen LogP contribution in [0.15, 0.2) is 0 Å². The van der Waals surface area contributed by atoms with Crippen LogP contribution in [0.25, 0.3) is 0 Å². The number of amides is 1. The fourth-order valence-electron chi connectivity index (χ4n) is 1.24. The van der Waals surface area contributed by atoms with Gasteiger partial charge in [-0.3, -0.25) is 9.59 Å². The second kappa shape index (κ2) is 4.23. The molecule has 0 radical (unpaired) electrons. The summed E-state index contributed by atoms with van der Waals surface area (Å²) < 4.78 is 0. The van der Waals surface area contributed by atoms with Gasteiger partial charge < -0.3 is 15.7 Å². The van der Waals surface area contributed by atoms with Crippen molar-refractivity contribution in [1.29, 1.82) is 0 Å². The molecule has 3 N–H and O–H groups in total. The molecule has 0 bridgehead atoms. The van der Waals surface area contributed by atoms with E-state index in [2.05, 4.69) is 10.6 Å². The fraction of sp³-hybridized carbons (Fsp3) is 0.750. The Bertz CT molecular complexity index is 217. The van der Waals surface area contributed by atoms with Gasteiger partial charge in [-0.15, -0.1) is 0 Å². The summed E-state index contributed by atoms with van der Waals surface area (Å²) in [7, 11) is 0. The molecule has 0 spiro atoms. The summed E-state index contributed by atoms with van der Waals surface area (Å²) in [4.78, 5) is 21.2. The van der Waals surface area contributed by atoms with E-state index < -0.39 is 12.0 Å². The van der Waals surface area contributed by atoms with Gasteiger partial charge in [0.25, 0.3) is 0 Å². The molecule has 0 aromatic carbocycles. The first-order valence-electron chi connectivity index (χ1n) is 4.35. The summed E-state index contributed by atoms with van der Waals surface area (Å²) in [5.74, 6) is -0.820. The average Bonchev–Trinajstić information content (AvgIpc) is 2.47. The van der Waals surface area contributed by atoms with Crippen LogP contribution >= 0.6 is 0 Å². The molecular weight excluding hydrogens is 172 g/mol. The lowest BCUT2D eigenvalue weighted by Crippen LogP contribution is -2.42.